The molecule has 0 radical (unpaired) electrons. The van der Waals surface area contributed by atoms with Crippen LogP contribution < -0.4 is 4.74 Å². The van der Waals surface area contributed by atoms with Gasteiger partial charge < -0.3 is 9.84 Å². The first-order valence-corrected chi connectivity index (χ1v) is 4.96. The van der Waals surface area contributed by atoms with Crippen molar-refractivity contribution in [1.82, 2.24) is 0 Å². The zero-order valence-electron chi connectivity index (χ0n) is 8.12. The van der Waals surface area contributed by atoms with E-state index in [0.717, 1.165) is 31.0 Å². The van der Waals surface area contributed by atoms with E-state index in [0.29, 0.717) is 6.42 Å². The molecule has 0 heterocycles. The van der Waals surface area contributed by atoms with Crippen molar-refractivity contribution in [1.29, 1.82) is 0 Å². The Bertz CT molecular complexity index is 334. The summed E-state index contributed by atoms with van der Waals surface area (Å²) < 4.78 is 31.0. The fourth-order valence-electron chi connectivity index (χ4n) is 1.82. The van der Waals surface area contributed by atoms with Gasteiger partial charge in [0.15, 0.2) is 0 Å². The normalized spacial score (nSPS) is 25.5. The molecule has 0 bridgehead atoms. The molecule has 1 aliphatic carbocycles. The Morgan fingerprint density at radius 1 is 1.13 bits per heavy atom. The molecular weight excluding hydrogens is 202 g/mol. The molecule has 0 amide bonds. The number of ether oxygens (including phenoxy) is 1. The average Bonchev–Trinajstić information content (AvgIpc) is 2.50. The number of aliphatic hydroxyl groups is 1. The smallest absolute Gasteiger partial charge is 0.129 e. The fraction of sp³-hybridized carbons (Fsp3) is 0.455. The molecule has 1 N–H and O–H groups in total. The van der Waals surface area contributed by atoms with E-state index in [1.165, 1.54) is 0 Å². The summed E-state index contributed by atoms with van der Waals surface area (Å²) in [5, 5.41) is 9.48. The monoisotopic (exact) mass is 214 g/mol. The lowest BCUT2D eigenvalue weighted by Gasteiger charge is -2.16. The van der Waals surface area contributed by atoms with E-state index in [9.17, 15) is 13.9 Å². The molecule has 2 unspecified atom stereocenters. The van der Waals surface area contributed by atoms with E-state index in [1.54, 1.807) is 0 Å². The van der Waals surface area contributed by atoms with Crippen molar-refractivity contribution in [2.24, 2.45) is 0 Å². The second kappa shape index (κ2) is 4.14. The summed E-state index contributed by atoms with van der Waals surface area (Å²) >= 11 is 0. The minimum Gasteiger partial charge on any atom is -0.488 e. The summed E-state index contributed by atoms with van der Waals surface area (Å²) in [6, 6.07) is 3.03. The van der Waals surface area contributed by atoms with E-state index in [1.807, 2.05) is 0 Å². The van der Waals surface area contributed by atoms with E-state index < -0.39 is 17.7 Å². The van der Waals surface area contributed by atoms with Crippen LogP contribution in [0.4, 0.5) is 8.78 Å². The van der Waals surface area contributed by atoms with Gasteiger partial charge in [-0.2, -0.15) is 0 Å². The van der Waals surface area contributed by atoms with Gasteiger partial charge in [0.2, 0.25) is 0 Å². The van der Waals surface area contributed by atoms with Gasteiger partial charge in [0.1, 0.15) is 23.5 Å². The van der Waals surface area contributed by atoms with Crippen molar-refractivity contribution in [3.8, 4) is 5.75 Å². The van der Waals surface area contributed by atoms with Gasteiger partial charge in [-0.05, 0) is 19.3 Å². The lowest BCUT2D eigenvalue weighted by molar-refractivity contribution is 0.0600. The van der Waals surface area contributed by atoms with Gasteiger partial charge in [-0.1, -0.05) is 0 Å². The Balaban J connectivity index is 2.10. The van der Waals surface area contributed by atoms with Crippen molar-refractivity contribution >= 4 is 0 Å². The van der Waals surface area contributed by atoms with Crippen molar-refractivity contribution < 1.29 is 18.6 Å². The quantitative estimate of drug-likeness (QED) is 0.818. The lowest BCUT2D eigenvalue weighted by Crippen LogP contribution is -2.25. The molecular formula is C11H12F2O2. The Morgan fingerprint density at radius 3 is 2.33 bits per heavy atom. The molecule has 1 aromatic rings. The molecule has 2 nitrogen and oxygen atoms in total. The third-order valence-electron chi connectivity index (χ3n) is 2.54. The first-order valence-electron chi connectivity index (χ1n) is 4.96. The molecule has 4 heteroatoms. The molecule has 1 fully saturated rings. The minimum atomic E-state index is -0.669. The highest BCUT2D eigenvalue weighted by Crippen LogP contribution is 2.25. The number of benzene rings is 1. The summed E-state index contributed by atoms with van der Waals surface area (Å²) in [5.41, 5.74) is 0. The molecule has 1 saturated carbocycles. The summed E-state index contributed by atoms with van der Waals surface area (Å²) in [7, 11) is 0. The highest BCUT2D eigenvalue weighted by molar-refractivity contribution is 5.24. The second-order valence-electron chi connectivity index (χ2n) is 3.76. The largest absolute Gasteiger partial charge is 0.488 e. The van der Waals surface area contributed by atoms with Crippen LogP contribution in [0.3, 0.4) is 0 Å². The van der Waals surface area contributed by atoms with Crippen molar-refractivity contribution in [2.75, 3.05) is 0 Å². The predicted octanol–water partition coefficient (Wildman–Crippen LogP) is 2.26. The molecule has 82 valence electrons. The van der Waals surface area contributed by atoms with Gasteiger partial charge in [0, 0.05) is 18.2 Å². The van der Waals surface area contributed by atoms with Crippen molar-refractivity contribution in [2.45, 2.75) is 31.5 Å². The van der Waals surface area contributed by atoms with Crippen LogP contribution in [0.2, 0.25) is 0 Å². The van der Waals surface area contributed by atoms with Crippen LogP contribution in [-0.4, -0.2) is 17.3 Å². The third kappa shape index (κ3) is 2.45. The van der Waals surface area contributed by atoms with Gasteiger partial charge in [-0.25, -0.2) is 8.78 Å². The van der Waals surface area contributed by atoms with Crippen molar-refractivity contribution in [3.63, 3.8) is 0 Å². The number of aliphatic hydroxyl groups excluding tert-OH is 1. The first-order chi connectivity index (χ1) is 7.15. The van der Waals surface area contributed by atoms with Crippen LogP contribution in [0.15, 0.2) is 18.2 Å². The maximum absolute atomic E-state index is 12.8. The van der Waals surface area contributed by atoms with Crippen LogP contribution >= 0.6 is 0 Å². The van der Waals surface area contributed by atoms with Gasteiger partial charge in [-0.3, -0.25) is 0 Å². The number of halogens is 2. The van der Waals surface area contributed by atoms with E-state index >= 15 is 0 Å². The Morgan fingerprint density at radius 2 is 1.80 bits per heavy atom. The summed E-state index contributed by atoms with van der Waals surface area (Å²) in [6.07, 6.45) is 1.41. The van der Waals surface area contributed by atoms with Crippen LogP contribution in [0, 0.1) is 11.6 Å². The Hall–Kier alpha value is -1.16. The Kier molecular flexibility index (Phi) is 2.86. The average molecular weight is 214 g/mol. The highest BCUT2D eigenvalue weighted by atomic mass is 19.1. The number of hydrogen-bond acceptors (Lipinski definition) is 2. The second-order valence-corrected chi connectivity index (χ2v) is 3.76. The van der Waals surface area contributed by atoms with Gasteiger partial charge in [0.25, 0.3) is 0 Å². The topological polar surface area (TPSA) is 29.5 Å². The molecule has 0 saturated heterocycles. The SMILES string of the molecule is OC1CCCC1Oc1cc(F)cc(F)c1. The molecule has 0 spiro atoms. The van der Waals surface area contributed by atoms with Crippen LogP contribution in [-0.2, 0) is 0 Å². The van der Waals surface area contributed by atoms with E-state index in [4.69, 9.17) is 4.74 Å². The maximum atomic E-state index is 12.8. The van der Waals surface area contributed by atoms with E-state index in [-0.39, 0.29) is 11.9 Å². The highest BCUT2D eigenvalue weighted by Gasteiger charge is 2.27. The zero-order valence-corrected chi connectivity index (χ0v) is 8.12. The minimum absolute atomic E-state index is 0.137. The number of rotatable bonds is 2. The molecule has 15 heavy (non-hydrogen) atoms. The van der Waals surface area contributed by atoms with Gasteiger partial charge in [0.05, 0.1) is 6.10 Å². The van der Waals surface area contributed by atoms with E-state index in [2.05, 4.69) is 0 Å². The Labute approximate surface area is 86.5 Å². The van der Waals surface area contributed by atoms with Crippen LogP contribution in [0.1, 0.15) is 19.3 Å². The third-order valence-corrected chi connectivity index (χ3v) is 2.54. The summed E-state index contributed by atoms with van der Waals surface area (Å²) in [4.78, 5) is 0. The molecule has 1 aromatic carbocycles. The predicted molar refractivity (Wildman–Crippen MR) is 50.6 cm³/mol. The lowest BCUT2D eigenvalue weighted by atomic mass is 10.2. The molecule has 2 atom stereocenters. The maximum Gasteiger partial charge on any atom is 0.129 e. The van der Waals surface area contributed by atoms with Crippen LogP contribution in [0.25, 0.3) is 0 Å². The summed E-state index contributed by atoms with van der Waals surface area (Å²) in [6.45, 7) is 0. The molecule has 0 aromatic heterocycles. The van der Waals surface area contributed by atoms with Gasteiger partial charge >= 0.3 is 0 Å². The molecule has 0 aliphatic heterocycles. The first kappa shape index (κ1) is 10.4. The van der Waals surface area contributed by atoms with Gasteiger partial charge in [-0.15, -0.1) is 0 Å². The molecule has 2 rings (SSSR count). The van der Waals surface area contributed by atoms with Crippen molar-refractivity contribution in [3.05, 3.63) is 29.8 Å². The fourth-order valence-corrected chi connectivity index (χ4v) is 1.82. The number of hydrogen-bond donors (Lipinski definition) is 1. The standard InChI is InChI=1S/C11H12F2O2/c12-7-4-8(13)6-9(5-7)15-11-3-1-2-10(11)14/h4-6,10-11,14H,1-3H2. The summed E-state index contributed by atoms with van der Waals surface area (Å²) in [5.74, 6) is -1.20. The zero-order chi connectivity index (χ0) is 10.8. The van der Waals surface area contributed by atoms with Crippen LogP contribution in [0.5, 0.6) is 5.75 Å². The molecule has 1 aliphatic rings.